The predicted octanol–water partition coefficient (Wildman–Crippen LogP) is 1.80. The Labute approximate surface area is 71.9 Å². The molecular formula is C9H12N2O. The van der Waals surface area contributed by atoms with E-state index in [0.717, 1.165) is 18.5 Å². The Kier molecular flexibility index (Phi) is 2.91. The first-order chi connectivity index (χ1) is 5.77. The first kappa shape index (κ1) is 8.84. The third-order valence-corrected chi connectivity index (χ3v) is 1.87. The second-order valence-electron chi connectivity index (χ2n) is 2.77. The van der Waals surface area contributed by atoms with Gasteiger partial charge in [0.25, 0.3) is 0 Å². The van der Waals surface area contributed by atoms with Crippen molar-refractivity contribution in [3.05, 3.63) is 23.8 Å². The lowest BCUT2D eigenvalue weighted by Gasteiger charge is -2.05. The van der Waals surface area contributed by atoms with Gasteiger partial charge in [-0.05, 0) is 12.5 Å². The van der Waals surface area contributed by atoms with Crippen LogP contribution >= 0.6 is 0 Å². The van der Waals surface area contributed by atoms with E-state index < -0.39 is 0 Å². The average molecular weight is 164 g/mol. The molecular weight excluding hydrogens is 152 g/mol. The first-order valence-electron chi connectivity index (χ1n) is 4.06. The molecule has 3 nitrogen and oxygen atoms in total. The van der Waals surface area contributed by atoms with Crippen LogP contribution in [-0.4, -0.2) is 16.3 Å². The highest BCUT2D eigenvalue weighted by atomic mass is 16.1. The van der Waals surface area contributed by atoms with Gasteiger partial charge in [0.1, 0.15) is 11.5 Å². The van der Waals surface area contributed by atoms with E-state index in [1.165, 1.54) is 0 Å². The van der Waals surface area contributed by atoms with Gasteiger partial charge in [-0.3, -0.25) is 4.79 Å². The smallest absolute Gasteiger partial charge is 0.168 e. The zero-order valence-electron chi connectivity index (χ0n) is 7.32. The zero-order chi connectivity index (χ0) is 8.97. The Hall–Kier alpha value is -1.25. The molecule has 12 heavy (non-hydrogen) atoms. The van der Waals surface area contributed by atoms with Gasteiger partial charge >= 0.3 is 0 Å². The van der Waals surface area contributed by atoms with Gasteiger partial charge in [0.2, 0.25) is 0 Å². The summed E-state index contributed by atoms with van der Waals surface area (Å²) in [5.74, 6) is 1.08. The Morgan fingerprint density at radius 3 is 3.00 bits per heavy atom. The van der Waals surface area contributed by atoms with Crippen LogP contribution in [0.15, 0.2) is 12.3 Å². The van der Waals surface area contributed by atoms with E-state index in [1.807, 2.05) is 6.92 Å². The molecule has 64 valence electrons. The molecule has 0 aromatic carbocycles. The number of aldehydes is 1. The van der Waals surface area contributed by atoms with E-state index in [1.54, 1.807) is 12.3 Å². The summed E-state index contributed by atoms with van der Waals surface area (Å²) in [6.45, 7) is 4.12. The minimum absolute atomic E-state index is 0.324. The molecule has 0 saturated carbocycles. The summed E-state index contributed by atoms with van der Waals surface area (Å²) in [7, 11) is 0. The van der Waals surface area contributed by atoms with Crippen molar-refractivity contribution < 1.29 is 4.79 Å². The molecule has 0 amide bonds. The van der Waals surface area contributed by atoms with E-state index in [9.17, 15) is 4.79 Å². The zero-order valence-corrected chi connectivity index (χ0v) is 7.32. The number of aromatic nitrogens is 2. The fourth-order valence-electron chi connectivity index (χ4n) is 0.874. The lowest BCUT2D eigenvalue weighted by molar-refractivity contribution is 0.111. The topological polar surface area (TPSA) is 42.9 Å². The third kappa shape index (κ3) is 1.87. The fourth-order valence-corrected chi connectivity index (χ4v) is 0.874. The Morgan fingerprint density at radius 2 is 2.42 bits per heavy atom. The third-order valence-electron chi connectivity index (χ3n) is 1.87. The van der Waals surface area contributed by atoms with Crippen molar-refractivity contribution in [1.82, 2.24) is 9.97 Å². The van der Waals surface area contributed by atoms with Crippen LogP contribution in [0.25, 0.3) is 0 Å². The van der Waals surface area contributed by atoms with Crippen LogP contribution in [0.3, 0.4) is 0 Å². The second-order valence-corrected chi connectivity index (χ2v) is 2.77. The summed E-state index contributed by atoms with van der Waals surface area (Å²) in [4.78, 5) is 18.6. The fraction of sp³-hybridized carbons (Fsp3) is 0.444. The molecule has 3 heteroatoms. The van der Waals surface area contributed by atoms with Crippen LogP contribution in [-0.2, 0) is 0 Å². The Bertz CT molecular complexity index is 273. The Morgan fingerprint density at radius 1 is 1.67 bits per heavy atom. The SMILES string of the molecule is CCC(C)c1nccc(C=O)n1. The van der Waals surface area contributed by atoms with Crippen molar-refractivity contribution in [1.29, 1.82) is 0 Å². The lowest BCUT2D eigenvalue weighted by Crippen LogP contribution is -2.01. The summed E-state index contributed by atoms with van der Waals surface area (Å²) >= 11 is 0. The highest BCUT2D eigenvalue weighted by Gasteiger charge is 2.05. The van der Waals surface area contributed by atoms with Crippen LogP contribution < -0.4 is 0 Å². The summed E-state index contributed by atoms with van der Waals surface area (Å²) in [5, 5.41) is 0. The highest BCUT2D eigenvalue weighted by molar-refractivity contribution is 5.71. The van der Waals surface area contributed by atoms with Crippen molar-refractivity contribution in [2.75, 3.05) is 0 Å². The molecule has 0 fully saturated rings. The van der Waals surface area contributed by atoms with Gasteiger partial charge in [-0.1, -0.05) is 13.8 Å². The predicted molar refractivity (Wildman–Crippen MR) is 46.1 cm³/mol. The maximum Gasteiger partial charge on any atom is 0.168 e. The van der Waals surface area contributed by atoms with E-state index in [-0.39, 0.29) is 0 Å². The first-order valence-corrected chi connectivity index (χ1v) is 4.06. The lowest BCUT2D eigenvalue weighted by atomic mass is 10.1. The molecule has 1 aromatic heterocycles. The van der Waals surface area contributed by atoms with Gasteiger partial charge in [-0.2, -0.15) is 0 Å². The monoisotopic (exact) mass is 164 g/mol. The number of hydrogen-bond donors (Lipinski definition) is 0. The van der Waals surface area contributed by atoms with Gasteiger partial charge in [-0.25, -0.2) is 9.97 Å². The normalized spacial score (nSPS) is 12.5. The number of carbonyl (C=O) groups excluding carboxylic acids is 1. The molecule has 1 aromatic rings. The van der Waals surface area contributed by atoms with Crippen LogP contribution in [0.4, 0.5) is 0 Å². The van der Waals surface area contributed by atoms with Crippen molar-refractivity contribution >= 4 is 6.29 Å². The maximum absolute atomic E-state index is 10.4. The molecule has 0 saturated heterocycles. The second kappa shape index (κ2) is 3.95. The highest BCUT2D eigenvalue weighted by Crippen LogP contribution is 2.12. The van der Waals surface area contributed by atoms with Gasteiger partial charge in [0, 0.05) is 12.1 Å². The molecule has 1 atom stereocenters. The molecule has 1 heterocycles. The van der Waals surface area contributed by atoms with Gasteiger partial charge in [0.05, 0.1) is 0 Å². The van der Waals surface area contributed by atoms with Crippen LogP contribution in [0.1, 0.15) is 42.5 Å². The molecule has 0 N–H and O–H groups in total. The standard InChI is InChI=1S/C9H12N2O/c1-3-7(2)9-10-5-4-8(6-12)11-9/h4-7H,3H2,1-2H3. The van der Waals surface area contributed by atoms with Gasteiger partial charge in [-0.15, -0.1) is 0 Å². The van der Waals surface area contributed by atoms with E-state index >= 15 is 0 Å². The minimum Gasteiger partial charge on any atom is -0.296 e. The summed E-state index contributed by atoms with van der Waals surface area (Å²) in [6, 6.07) is 1.61. The number of hydrogen-bond acceptors (Lipinski definition) is 3. The van der Waals surface area contributed by atoms with E-state index in [0.29, 0.717) is 11.6 Å². The minimum atomic E-state index is 0.324. The number of nitrogens with zero attached hydrogens (tertiary/aromatic N) is 2. The summed E-state index contributed by atoms with van der Waals surface area (Å²) < 4.78 is 0. The van der Waals surface area contributed by atoms with Crippen molar-refractivity contribution in [3.8, 4) is 0 Å². The molecule has 1 rings (SSSR count). The molecule has 1 unspecified atom stereocenters. The average Bonchev–Trinajstić information content (AvgIpc) is 2.17. The van der Waals surface area contributed by atoms with Crippen molar-refractivity contribution in [2.45, 2.75) is 26.2 Å². The maximum atomic E-state index is 10.4. The summed E-state index contributed by atoms with van der Waals surface area (Å²) in [6.07, 6.45) is 3.36. The van der Waals surface area contributed by atoms with Crippen molar-refractivity contribution in [3.63, 3.8) is 0 Å². The number of rotatable bonds is 3. The van der Waals surface area contributed by atoms with Crippen LogP contribution in [0.5, 0.6) is 0 Å². The molecule has 0 aliphatic rings. The molecule has 0 spiro atoms. The molecule has 0 aliphatic carbocycles. The molecule has 0 radical (unpaired) electrons. The van der Waals surface area contributed by atoms with Crippen molar-refractivity contribution in [2.24, 2.45) is 0 Å². The molecule has 0 bridgehead atoms. The van der Waals surface area contributed by atoms with Crippen LogP contribution in [0.2, 0.25) is 0 Å². The van der Waals surface area contributed by atoms with E-state index in [2.05, 4.69) is 16.9 Å². The Balaban J connectivity index is 2.93. The van der Waals surface area contributed by atoms with Gasteiger partial charge in [0.15, 0.2) is 6.29 Å². The quantitative estimate of drug-likeness (QED) is 0.640. The molecule has 0 aliphatic heterocycles. The largest absolute Gasteiger partial charge is 0.296 e. The van der Waals surface area contributed by atoms with Gasteiger partial charge < -0.3 is 0 Å². The van der Waals surface area contributed by atoms with Crippen LogP contribution in [0, 0.1) is 0 Å². The number of carbonyl (C=O) groups is 1. The summed E-state index contributed by atoms with van der Waals surface area (Å²) in [5.41, 5.74) is 0.459. The van der Waals surface area contributed by atoms with E-state index in [4.69, 9.17) is 0 Å².